The molecule has 0 aliphatic carbocycles. The van der Waals surface area contributed by atoms with E-state index < -0.39 is 6.10 Å². The van der Waals surface area contributed by atoms with Gasteiger partial charge < -0.3 is 5.11 Å². The number of rotatable bonds is 3. The van der Waals surface area contributed by atoms with Crippen LogP contribution in [0.3, 0.4) is 0 Å². The van der Waals surface area contributed by atoms with E-state index in [4.69, 9.17) is 11.6 Å². The molecular formula is C11H11ClOS2. The van der Waals surface area contributed by atoms with Gasteiger partial charge in [0.1, 0.15) is 0 Å². The van der Waals surface area contributed by atoms with Crippen LogP contribution in [0.4, 0.5) is 0 Å². The van der Waals surface area contributed by atoms with Crippen molar-refractivity contribution in [3.8, 4) is 0 Å². The van der Waals surface area contributed by atoms with E-state index in [9.17, 15) is 5.11 Å². The van der Waals surface area contributed by atoms with Crippen LogP contribution in [0.1, 0.15) is 21.4 Å². The molecule has 80 valence electrons. The topological polar surface area (TPSA) is 20.2 Å². The largest absolute Gasteiger partial charge is 0.387 e. The Hall–Kier alpha value is -0.350. The van der Waals surface area contributed by atoms with Gasteiger partial charge in [0.05, 0.1) is 10.4 Å². The van der Waals surface area contributed by atoms with Crippen LogP contribution < -0.4 is 0 Å². The number of thiophene rings is 2. The van der Waals surface area contributed by atoms with Gasteiger partial charge in [-0.1, -0.05) is 11.6 Å². The molecule has 1 unspecified atom stereocenters. The summed E-state index contributed by atoms with van der Waals surface area (Å²) in [6, 6.07) is 5.87. The number of hydrogen-bond acceptors (Lipinski definition) is 3. The van der Waals surface area contributed by atoms with Crippen LogP contribution in [-0.2, 0) is 6.42 Å². The third-order valence-corrected chi connectivity index (χ3v) is 4.60. The van der Waals surface area contributed by atoms with Crippen LogP contribution in [0.5, 0.6) is 0 Å². The molecule has 2 aromatic heterocycles. The van der Waals surface area contributed by atoms with Crippen molar-refractivity contribution in [2.24, 2.45) is 0 Å². The summed E-state index contributed by atoms with van der Waals surface area (Å²) in [5.41, 5.74) is 1.16. The normalized spacial score (nSPS) is 13.0. The summed E-state index contributed by atoms with van der Waals surface area (Å²) < 4.78 is 0.778. The van der Waals surface area contributed by atoms with Gasteiger partial charge in [0.2, 0.25) is 0 Å². The van der Waals surface area contributed by atoms with Gasteiger partial charge >= 0.3 is 0 Å². The molecule has 2 heterocycles. The second kappa shape index (κ2) is 4.66. The summed E-state index contributed by atoms with van der Waals surface area (Å²) in [6.07, 6.45) is 0.248. The highest BCUT2D eigenvalue weighted by Gasteiger charge is 2.13. The quantitative estimate of drug-likeness (QED) is 0.881. The molecule has 0 spiro atoms. The molecule has 2 rings (SSSR count). The van der Waals surface area contributed by atoms with E-state index in [0.29, 0.717) is 6.42 Å². The van der Waals surface area contributed by atoms with Crippen LogP contribution in [0.2, 0.25) is 4.34 Å². The van der Waals surface area contributed by atoms with Crippen LogP contribution in [-0.4, -0.2) is 5.11 Å². The fourth-order valence-electron chi connectivity index (χ4n) is 1.47. The maximum Gasteiger partial charge on any atom is 0.0932 e. The Labute approximate surface area is 102 Å². The second-order valence-corrected chi connectivity index (χ2v) is 6.14. The summed E-state index contributed by atoms with van der Waals surface area (Å²) >= 11 is 8.97. The Morgan fingerprint density at radius 1 is 1.40 bits per heavy atom. The Kier molecular flexibility index (Phi) is 3.46. The molecule has 0 aromatic carbocycles. The van der Waals surface area contributed by atoms with Crippen molar-refractivity contribution in [1.29, 1.82) is 0 Å². The lowest BCUT2D eigenvalue weighted by atomic mass is 10.1. The molecule has 1 atom stereocenters. The van der Waals surface area contributed by atoms with E-state index in [1.165, 1.54) is 11.3 Å². The van der Waals surface area contributed by atoms with Gasteiger partial charge in [0.15, 0.2) is 0 Å². The van der Waals surface area contributed by atoms with Gasteiger partial charge in [-0.05, 0) is 36.1 Å². The number of aliphatic hydroxyl groups is 1. The minimum Gasteiger partial charge on any atom is -0.387 e. The SMILES string of the molecule is Cc1ccsc1C(O)Cc1ccc(Cl)s1. The standard InChI is InChI=1S/C11H11ClOS2/c1-7-4-5-14-11(7)9(13)6-8-2-3-10(12)15-8/h2-5,9,13H,6H2,1H3. The molecule has 0 aliphatic heterocycles. The van der Waals surface area contributed by atoms with Crippen molar-refractivity contribution in [3.05, 3.63) is 43.2 Å². The zero-order chi connectivity index (χ0) is 10.8. The molecule has 0 bridgehead atoms. The van der Waals surface area contributed by atoms with Crippen molar-refractivity contribution in [3.63, 3.8) is 0 Å². The molecule has 0 amide bonds. The van der Waals surface area contributed by atoms with E-state index in [0.717, 1.165) is 19.7 Å². The van der Waals surface area contributed by atoms with Crippen LogP contribution in [0.25, 0.3) is 0 Å². The molecule has 2 aromatic rings. The van der Waals surface area contributed by atoms with E-state index >= 15 is 0 Å². The van der Waals surface area contributed by atoms with Gasteiger partial charge in [-0.2, -0.15) is 0 Å². The van der Waals surface area contributed by atoms with Crippen molar-refractivity contribution in [2.45, 2.75) is 19.4 Å². The monoisotopic (exact) mass is 258 g/mol. The summed E-state index contributed by atoms with van der Waals surface area (Å²) in [4.78, 5) is 2.18. The molecular weight excluding hydrogens is 248 g/mol. The highest BCUT2D eigenvalue weighted by atomic mass is 35.5. The Morgan fingerprint density at radius 2 is 2.20 bits per heavy atom. The van der Waals surface area contributed by atoms with E-state index in [2.05, 4.69) is 0 Å². The molecule has 0 fully saturated rings. The van der Waals surface area contributed by atoms with Crippen molar-refractivity contribution in [1.82, 2.24) is 0 Å². The molecule has 0 saturated heterocycles. The maximum absolute atomic E-state index is 10.0. The lowest BCUT2D eigenvalue weighted by molar-refractivity contribution is 0.182. The minimum atomic E-state index is -0.403. The Morgan fingerprint density at radius 3 is 2.73 bits per heavy atom. The summed E-state index contributed by atoms with van der Waals surface area (Å²) in [7, 11) is 0. The first-order chi connectivity index (χ1) is 7.16. The molecule has 0 aliphatic rings. The first-order valence-corrected chi connectivity index (χ1v) is 6.70. The van der Waals surface area contributed by atoms with E-state index in [1.807, 2.05) is 30.5 Å². The van der Waals surface area contributed by atoms with Gasteiger partial charge in [-0.3, -0.25) is 0 Å². The van der Waals surface area contributed by atoms with Crippen LogP contribution in [0, 0.1) is 6.92 Å². The predicted molar refractivity (Wildman–Crippen MR) is 67.0 cm³/mol. The fourth-order valence-corrected chi connectivity index (χ4v) is 3.51. The average molecular weight is 259 g/mol. The number of aliphatic hydroxyl groups excluding tert-OH is 1. The van der Waals surface area contributed by atoms with Gasteiger partial charge in [0.25, 0.3) is 0 Å². The number of aryl methyl sites for hydroxylation is 1. The Balaban J connectivity index is 2.10. The van der Waals surface area contributed by atoms with E-state index in [1.54, 1.807) is 11.3 Å². The smallest absolute Gasteiger partial charge is 0.0932 e. The van der Waals surface area contributed by atoms with Gasteiger partial charge in [-0.15, -0.1) is 22.7 Å². The van der Waals surface area contributed by atoms with Crippen molar-refractivity contribution < 1.29 is 5.11 Å². The van der Waals surface area contributed by atoms with Crippen molar-refractivity contribution >= 4 is 34.3 Å². The molecule has 1 nitrogen and oxygen atoms in total. The number of halogens is 1. The number of hydrogen-bond donors (Lipinski definition) is 1. The lowest BCUT2D eigenvalue weighted by Crippen LogP contribution is -1.99. The zero-order valence-corrected chi connectivity index (χ0v) is 10.6. The molecule has 1 N–H and O–H groups in total. The molecule has 0 radical (unpaired) electrons. The molecule has 15 heavy (non-hydrogen) atoms. The zero-order valence-electron chi connectivity index (χ0n) is 8.24. The molecule has 0 saturated carbocycles. The minimum absolute atomic E-state index is 0.403. The summed E-state index contributed by atoms with van der Waals surface area (Å²) in [5.74, 6) is 0. The van der Waals surface area contributed by atoms with Gasteiger partial charge in [-0.25, -0.2) is 0 Å². The highest BCUT2D eigenvalue weighted by Crippen LogP contribution is 2.30. The predicted octanol–water partition coefficient (Wildman–Crippen LogP) is 4.05. The first-order valence-electron chi connectivity index (χ1n) is 4.63. The molecule has 4 heteroatoms. The lowest BCUT2D eigenvalue weighted by Gasteiger charge is -2.08. The van der Waals surface area contributed by atoms with E-state index in [-0.39, 0.29) is 0 Å². The third kappa shape index (κ3) is 2.61. The Bertz CT molecular complexity index is 447. The first kappa shape index (κ1) is 11.1. The fraction of sp³-hybridized carbons (Fsp3) is 0.273. The highest BCUT2D eigenvalue weighted by molar-refractivity contribution is 7.16. The van der Waals surface area contributed by atoms with Crippen molar-refractivity contribution in [2.75, 3.05) is 0 Å². The third-order valence-electron chi connectivity index (χ3n) is 2.23. The average Bonchev–Trinajstić information content (AvgIpc) is 2.75. The van der Waals surface area contributed by atoms with Crippen LogP contribution >= 0.6 is 34.3 Å². The summed E-state index contributed by atoms with van der Waals surface area (Å²) in [6.45, 7) is 2.02. The summed E-state index contributed by atoms with van der Waals surface area (Å²) in [5, 5.41) is 12.0. The van der Waals surface area contributed by atoms with Gasteiger partial charge in [0, 0.05) is 16.2 Å². The maximum atomic E-state index is 10.0. The second-order valence-electron chi connectivity index (χ2n) is 3.39. The van der Waals surface area contributed by atoms with Crippen LogP contribution in [0.15, 0.2) is 23.6 Å².